The molecular weight excluding hydrogens is 296 g/mol. The first-order valence-corrected chi connectivity index (χ1v) is 9.05. The number of rotatable bonds is 4. The van der Waals surface area contributed by atoms with E-state index >= 15 is 0 Å². The van der Waals surface area contributed by atoms with E-state index in [1.807, 2.05) is 18.3 Å². The molecule has 3 aliphatic rings. The molecule has 5 atom stereocenters. The van der Waals surface area contributed by atoms with Crippen LogP contribution in [0.5, 0.6) is 0 Å². The average Bonchev–Trinajstić information content (AvgIpc) is 2.66. The Morgan fingerprint density at radius 3 is 3.00 bits per heavy atom. The number of aliphatic hydroxyl groups excluding tert-OH is 1. The van der Waals surface area contributed by atoms with Gasteiger partial charge >= 0.3 is 0 Å². The number of hydrogen-bond acceptors (Lipinski definition) is 3. The number of aliphatic hydroxyl groups is 1. The maximum atomic E-state index is 9.36. The van der Waals surface area contributed by atoms with Gasteiger partial charge in [0.1, 0.15) is 0 Å². The fourth-order valence-electron chi connectivity index (χ4n) is 4.66. The van der Waals surface area contributed by atoms with Crippen molar-refractivity contribution in [2.45, 2.75) is 38.3 Å². The summed E-state index contributed by atoms with van der Waals surface area (Å²) >= 11 is 0. The number of hydrogen-bond donors (Lipinski definition) is 1. The van der Waals surface area contributed by atoms with Gasteiger partial charge in [0, 0.05) is 24.2 Å². The summed E-state index contributed by atoms with van der Waals surface area (Å²) < 4.78 is 0. The van der Waals surface area contributed by atoms with Crippen molar-refractivity contribution in [3.8, 4) is 0 Å². The van der Waals surface area contributed by atoms with Crippen LogP contribution in [-0.2, 0) is 6.61 Å². The molecule has 3 fully saturated rings. The zero-order valence-electron chi connectivity index (χ0n) is 14.4. The van der Waals surface area contributed by atoms with Crippen LogP contribution in [0.15, 0.2) is 43.1 Å². The Labute approximate surface area is 144 Å². The highest BCUT2D eigenvalue weighted by Crippen LogP contribution is 2.41. The first kappa shape index (κ1) is 15.8. The third-order valence-corrected chi connectivity index (χ3v) is 6.21. The maximum absolute atomic E-state index is 9.36. The molecule has 3 heteroatoms. The lowest BCUT2D eigenvalue weighted by molar-refractivity contribution is 0.00904. The Balaban J connectivity index is 1.61. The molecular formula is C21H26N2O. The van der Waals surface area contributed by atoms with E-state index in [9.17, 15) is 5.11 Å². The molecule has 4 heterocycles. The van der Waals surface area contributed by atoms with Crippen LogP contribution in [-0.4, -0.2) is 34.1 Å². The Hall–Kier alpha value is -1.71. The number of fused-ring (bicyclic) bond motifs is 4. The number of aromatic nitrogens is 1. The number of pyridine rings is 1. The van der Waals surface area contributed by atoms with Gasteiger partial charge in [0.05, 0.1) is 12.1 Å². The van der Waals surface area contributed by atoms with Crippen LogP contribution in [0.4, 0.5) is 0 Å². The Morgan fingerprint density at radius 1 is 1.42 bits per heavy atom. The largest absolute Gasteiger partial charge is 0.392 e. The zero-order valence-corrected chi connectivity index (χ0v) is 14.4. The van der Waals surface area contributed by atoms with Crippen molar-refractivity contribution in [3.05, 3.63) is 54.2 Å². The van der Waals surface area contributed by atoms with Crippen molar-refractivity contribution < 1.29 is 5.11 Å². The molecule has 0 aliphatic carbocycles. The summed E-state index contributed by atoms with van der Waals surface area (Å²) in [6, 6.07) is 8.87. The van der Waals surface area contributed by atoms with Gasteiger partial charge in [0.2, 0.25) is 0 Å². The molecule has 3 nitrogen and oxygen atoms in total. The summed E-state index contributed by atoms with van der Waals surface area (Å²) in [5.41, 5.74) is 3.26. The second-order valence-corrected chi connectivity index (χ2v) is 7.49. The minimum atomic E-state index is 0.0801. The lowest BCUT2D eigenvalue weighted by Gasteiger charge is -2.51. The van der Waals surface area contributed by atoms with Crippen LogP contribution in [0.3, 0.4) is 0 Å². The monoisotopic (exact) mass is 322 g/mol. The molecule has 24 heavy (non-hydrogen) atoms. The van der Waals surface area contributed by atoms with Gasteiger partial charge in [-0.3, -0.25) is 9.88 Å². The van der Waals surface area contributed by atoms with E-state index in [-0.39, 0.29) is 6.61 Å². The van der Waals surface area contributed by atoms with Gasteiger partial charge in [-0.1, -0.05) is 19.1 Å². The summed E-state index contributed by atoms with van der Waals surface area (Å²) in [5, 5.41) is 10.5. The molecule has 2 bridgehead atoms. The van der Waals surface area contributed by atoms with Crippen molar-refractivity contribution in [1.29, 1.82) is 0 Å². The van der Waals surface area contributed by atoms with Gasteiger partial charge in [-0.25, -0.2) is 0 Å². The van der Waals surface area contributed by atoms with Gasteiger partial charge in [-0.15, -0.1) is 6.58 Å². The third-order valence-electron chi connectivity index (χ3n) is 6.21. The van der Waals surface area contributed by atoms with E-state index in [0.717, 1.165) is 22.4 Å². The second-order valence-electron chi connectivity index (χ2n) is 7.49. The molecule has 1 aromatic carbocycles. The van der Waals surface area contributed by atoms with E-state index in [0.29, 0.717) is 17.9 Å². The van der Waals surface area contributed by atoms with Crippen LogP contribution in [0.25, 0.3) is 10.9 Å². The van der Waals surface area contributed by atoms with Crippen molar-refractivity contribution in [2.75, 3.05) is 13.1 Å². The van der Waals surface area contributed by atoms with E-state index < -0.39 is 0 Å². The quantitative estimate of drug-likeness (QED) is 0.872. The van der Waals surface area contributed by atoms with E-state index in [2.05, 4.69) is 41.6 Å². The van der Waals surface area contributed by atoms with Crippen molar-refractivity contribution in [3.63, 3.8) is 0 Å². The molecule has 0 radical (unpaired) electrons. The van der Waals surface area contributed by atoms with Crippen molar-refractivity contribution in [2.24, 2.45) is 11.8 Å². The molecule has 4 unspecified atom stereocenters. The smallest absolute Gasteiger partial charge is 0.0702 e. The summed E-state index contributed by atoms with van der Waals surface area (Å²) in [7, 11) is 0. The predicted molar refractivity (Wildman–Crippen MR) is 97.9 cm³/mol. The second kappa shape index (κ2) is 6.30. The molecule has 126 valence electrons. The number of benzene rings is 1. The van der Waals surface area contributed by atoms with Crippen LogP contribution in [0, 0.1) is 11.8 Å². The third kappa shape index (κ3) is 2.66. The number of piperidine rings is 3. The molecule has 2 aromatic rings. The van der Waals surface area contributed by atoms with Gasteiger partial charge in [0.25, 0.3) is 0 Å². The Bertz CT molecular complexity index is 757. The standard InChI is InChI=1S/C21H26N2O/c1-3-16-12-23-7-6-17(16)10-21(23)14(2)19-9-18-8-15(13-24)4-5-20(18)22-11-19/h3-5,8-9,11,14,16-17,21,24H,1,6-7,10,12-13H2,2H3/t14-,16?,17?,21?/m1/s1. The predicted octanol–water partition coefficient (Wildman–Crippen LogP) is 3.73. The SMILES string of the molecule is C=CC1CN2CCC1CC2[C@H](C)c1cnc2ccc(CO)cc2c1. The van der Waals surface area contributed by atoms with Gasteiger partial charge < -0.3 is 5.11 Å². The minimum absolute atomic E-state index is 0.0801. The maximum Gasteiger partial charge on any atom is 0.0702 e. The first-order chi connectivity index (χ1) is 11.7. The number of nitrogens with zero attached hydrogens (tertiary/aromatic N) is 2. The van der Waals surface area contributed by atoms with Crippen LogP contribution in [0.1, 0.15) is 36.8 Å². The Morgan fingerprint density at radius 2 is 2.29 bits per heavy atom. The van der Waals surface area contributed by atoms with Crippen LogP contribution < -0.4 is 0 Å². The van der Waals surface area contributed by atoms with E-state index in [1.54, 1.807) is 0 Å². The molecule has 0 saturated carbocycles. The molecule has 0 amide bonds. The fourth-order valence-corrected chi connectivity index (χ4v) is 4.66. The highest BCUT2D eigenvalue weighted by molar-refractivity contribution is 5.79. The zero-order chi connectivity index (χ0) is 16.7. The summed E-state index contributed by atoms with van der Waals surface area (Å²) in [4.78, 5) is 7.31. The lowest BCUT2D eigenvalue weighted by Crippen LogP contribution is -2.54. The Kier molecular flexibility index (Phi) is 4.15. The minimum Gasteiger partial charge on any atom is -0.392 e. The van der Waals surface area contributed by atoms with Gasteiger partial charge in [-0.2, -0.15) is 0 Å². The topological polar surface area (TPSA) is 36.4 Å². The fraction of sp³-hybridized carbons (Fsp3) is 0.476. The molecule has 1 N–H and O–H groups in total. The van der Waals surface area contributed by atoms with Gasteiger partial charge in [-0.05, 0) is 66.5 Å². The molecule has 1 aromatic heterocycles. The lowest BCUT2D eigenvalue weighted by atomic mass is 9.72. The highest BCUT2D eigenvalue weighted by Gasteiger charge is 2.41. The summed E-state index contributed by atoms with van der Waals surface area (Å²) in [6.45, 7) is 8.83. The molecule has 3 aliphatic heterocycles. The van der Waals surface area contributed by atoms with Gasteiger partial charge in [0.15, 0.2) is 0 Å². The average molecular weight is 322 g/mol. The molecule has 5 rings (SSSR count). The van der Waals surface area contributed by atoms with Crippen molar-refractivity contribution in [1.82, 2.24) is 9.88 Å². The van der Waals surface area contributed by atoms with Crippen molar-refractivity contribution >= 4 is 10.9 Å². The summed E-state index contributed by atoms with van der Waals surface area (Å²) in [6.07, 6.45) is 6.79. The van der Waals surface area contributed by atoms with E-state index in [1.165, 1.54) is 31.5 Å². The molecule has 3 saturated heterocycles. The van der Waals surface area contributed by atoms with E-state index in [4.69, 9.17) is 0 Å². The first-order valence-electron chi connectivity index (χ1n) is 9.05. The summed E-state index contributed by atoms with van der Waals surface area (Å²) in [5.74, 6) is 1.95. The normalized spacial score (nSPS) is 30.4. The molecule has 0 spiro atoms. The van der Waals surface area contributed by atoms with Crippen LogP contribution in [0.2, 0.25) is 0 Å². The highest BCUT2D eigenvalue weighted by atomic mass is 16.3. The van der Waals surface area contributed by atoms with Crippen LogP contribution >= 0.6 is 0 Å².